The van der Waals surface area contributed by atoms with Gasteiger partial charge in [0.1, 0.15) is 5.82 Å². The van der Waals surface area contributed by atoms with Crippen LogP contribution in [0.1, 0.15) is 15.9 Å². The highest BCUT2D eigenvalue weighted by atomic mass is 32.2. The van der Waals surface area contributed by atoms with E-state index in [0.717, 1.165) is 10.6 Å². The van der Waals surface area contributed by atoms with Crippen LogP contribution in [0.2, 0.25) is 0 Å². The maximum absolute atomic E-state index is 13.0. The van der Waals surface area contributed by atoms with E-state index in [1.54, 1.807) is 0 Å². The standard InChI is InChI=1S/C18H19FN2O5S/c1-26-18(23)14-5-9-16(10-6-14)20-17(22)12-21(27(2,24)25)11-13-3-7-15(19)8-4-13/h3-10H,11-12H2,1-2H3,(H,20,22). The van der Waals surface area contributed by atoms with Crippen LogP contribution >= 0.6 is 0 Å². The molecule has 2 aromatic rings. The number of sulfonamides is 1. The zero-order chi connectivity index (χ0) is 20.0. The number of nitrogens with zero attached hydrogens (tertiary/aromatic N) is 1. The lowest BCUT2D eigenvalue weighted by Gasteiger charge is -2.19. The molecule has 2 rings (SSSR count). The fourth-order valence-electron chi connectivity index (χ4n) is 2.25. The topological polar surface area (TPSA) is 92.8 Å². The molecule has 0 spiro atoms. The molecule has 0 unspecified atom stereocenters. The monoisotopic (exact) mass is 394 g/mol. The molecule has 1 N–H and O–H groups in total. The summed E-state index contributed by atoms with van der Waals surface area (Å²) < 4.78 is 42.5. The van der Waals surface area contributed by atoms with Crippen LogP contribution in [-0.2, 0) is 26.1 Å². The number of ether oxygens (including phenoxy) is 1. The molecule has 0 aliphatic heterocycles. The summed E-state index contributed by atoms with van der Waals surface area (Å²) in [7, 11) is -2.40. The molecule has 0 aliphatic carbocycles. The van der Waals surface area contributed by atoms with E-state index in [1.165, 1.54) is 55.6 Å². The predicted octanol–water partition coefficient (Wildman–Crippen LogP) is 2.01. The molecule has 0 radical (unpaired) electrons. The van der Waals surface area contributed by atoms with Crippen molar-refractivity contribution in [2.24, 2.45) is 0 Å². The number of carbonyl (C=O) groups excluding carboxylic acids is 2. The minimum absolute atomic E-state index is 0.0617. The number of hydrogen-bond donors (Lipinski definition) is 1. The van der Waals surface area contributed by atoms with Crippen molar-refractivity contribution in [1.29, 1.82) is 0 Å². The lowest BCUT2D eigenvalue weighted by atomic mass is 10.2. The Morgan fingerprint density at radius 3 is 2.19 bits per heavy atom. The Bertz CT molecular complexity index is 912. The third-order valence-electron chi connectivity index (χ3n) is 3.65. The third kappa shape index (κ3) is 6.15. The van der Waals surface area contributed by atoms with Crippen LogP contribution in [0.4, 0.5) is 10.1 Å². The number of nitrogens with one attached hydrogen (secondary N) is 1. The van der Waals surface area contributed by atoms with Gasteiger partial charge in [-0.2, -0.15) is 4.31 Å². The van der Waals surface area contributed by atoms with Crippen LogP contribution in [0.15, 0.2) is 48.5 Å². The summed E-state index contributed by atoms with van der Waals surface area (Å²) in [6, 6.07) is 11.3. The molecule has 0 saturated heterocycles. The second-order valence-corrected chi connectivity index (χ2v) is 7.76. The van der Waals surface area contributed by atoms with E-state index in [-0.39, 0.29) is 6.54 Å². The molecule has 1 amide bonds. The van der Waals surface area contributed by atoms with Gasteiger partial charge in [-0.3, -0.25) is 4.79 Å². The number of halogens is 1. The first kappa shape index (κ1) is 20.5. The molecular formula is C18H19FN2O5S. The first-order chi connectivity index (χ1) is 12.7. The van der Waals surface area contributed by atoms with Crippen LogP contribution in [0.25, 0.3) is 0 Å². The summed E-state index contributed by atoms with van der Waals surface area (Å²) in [5.41, 5.74) is 1.28. The van der Waals surface area contributed by atoms with Crippen molar-refractivity contribution in [1.82, 2.24) is 4.31 Å². The average molecular weight is 394 g/mol. The molecule has 9 heteroatoms. The van der Waals surface area contributed by atoms with Crippen LogP contribution in [0, 0.1) is 5.82 Å². The smallest absolute Gasteiger partial charge is 0.337 e. The molecule has 0 heterocycles. The van der Waals surface area contributed by atoms with E-state index < -0.39 is 34.3 Å². The van der Waals surface area contributed by atoms with Gasteiger partial charge in [0.2, 0.25) is 15.9 Å². The lowest BCUT2D eigenvalue weighted by molar-refractivity contribution is -0.116. The summed E-state index contributed by atoms with van der Waals surface area (Å²) in [6.07, 6.45) is 0.995. The number of rotatable bonds is 7. The van der Waals surface area contributed by atoms with Gasteiger partial charge < -0.3 is 10.1 Å². The van der Waals surface area contributed by atoms with Gasteiger partial charge >= 0.3 is 5.97 Å². The Balaban J connectivity index is 2.05. The van der Waals surface area contributed by atoms with Crippen molar-refractivity contribution >= 4 is 27.6 Å². The molecule has 0 fully saturated rings. The molecule has 27 heavy (non-hydrogen) atoms. The Hall–Kier alpha value is -2.78. The Kier molecular flexibility index (Phi) is 6.65. The minimum Gasteiger partial charge on any atom is -0.465 e. The summed E-state index contributed by atoms with van der Waals surface area (Å²) in [6.45, 7) is -0.469. The Morgan fingerprint density at radius 2 is 1.67 bits per heavy atom. The van der Waals surface area contributed by atoms with Crippen LogP contribution < -0.4 is 5.32 Å². The molecule has 2 aromatic carbocycles. The van der Waals surface area contributed by atoms with E-state index in [1.807, 2.05) is 0 Å². The van der Waals surface area contributed by atoms with Crippen molar-refractivity contribution < 1.29 is 27.1 Å². The fourth-order valence-corrected chi connectivity index (χ4v) is 2.99. The average Bonchev–Trinajstić information content (AvgIpc) is 2.62. The molecule has 0 aliphatic rings. The highest BCUT2D eigenvalue weighted by molar-refractivity contribution is 7.88. The Labute approximate surface area is 156 Å². The summed E-state index contributed by atoms with van der Waals surface area (Å²) in [5.74, 6) is -1.48. The van der Waals surface area contributed by atoms with Crippen molar-refractivity contribution in [3.05, 3.63) is 65.5 Å². The van der Waals surface area contributed by atoms with Crippen molar-refractivity contribution in [3.8, 4) is 0 Å². The number of anilines is 1. The third-order valence-corrected chi connectivity index (χ3v) is 4.85. The normalized spacial score (nSPS) is 11.3. The predicted molar refractivity (Wildman–Crippen MR) is 98.1 cm³/mol. The van der Waals surface area contributed by atoms with Gasteiger partial charge in [-0.1, -0.05) is 12.1 Å². The van der Waals surface area contributed by atoms with E-state index in [2.05, 4.69) is 10.1 Å². The number of methoxy groups -OCH3 is 1. The molecule has 0 aromatic heterocycles. The first-order valence-corrected chi connectivity index (χ1v) is 9.71. The second kappa shape index (κ2) is 8.74. The van der Waals surface area contributed by atoms with Crippen LogP contribution in [-0.4, -0.2) is 44.5 Å². The quantitative estimate of drug-likeness (QED) is 0.725. The fraction of sp³-hybridized carbons (Fsp3) is 0.222. The van der Waals surface area contributed by atoms with Gasteiger partial charge in [0.05, 0.1) is 25.5 Å². The van der Waals surface area contributed by atoms with E-state index >= 15 is 0 Å². The number of carbonyl (C=O) groups is 2. The molecule has 0 bridgehead atoms. The summed E-state index contributed by atoms with van der Waals surface area (Å²) in [5, 5.41) is 2.57. The summed E-state index contributed by atoms with van der Waals surface area (Å²) in [4.78, 5) is 23.6. The van der Waals surface area contributed by atoms with Crippen molar-refractivity contribution in [2.45, 2.75) is 6.54 Å². The van der Waals surface area contributed by atoms with E-state index in [9.17, 15) is 22.4 Å². The van der Waals surface area contributed by atoms with Gasteiger partial charge in [0, 0.05) is 12.2 Å². The van der Waals surface area contributed by atoms with Gasteiger partial charge in [-0.25, -0.2) is 17.6 Å². The lowest BCUT2D eigenvalue weighted by Crippen LogP contribution is -2.36. The van der Waals surface area contributed by atoms with Gasteiger partial charge in [0.15, 0.2) is 0 Å². The number of benzene rings is 2. The zero-order valence-corrected chi connectivity index (χ0v) is 15.6. The van der Waals surface area contributed by atoms with E-state index in [0.29, 0.717) is 16.8 Å². The zero-order valence-electron chi connectivity index (χ0n) is 14.8. The van der Waals surface area contributed by atoms with E-state index in [4.69, 9.17) is 0 Å². The highest BCUT2D eigenvalue weighted by Gasteiger charge is 2.20. The highest BCUT2D eigenvalue weighted by Crippen LogP contribution is 2.13. The molecule has 144 valence electrons. The first-order valence-electron chi connectivity index (χ1n) is 7.87. The minimum atomic E-state index is -3.66. The van der Waals surface area contributed by atoms with Gasteiger partial charge in [-0.05, 0) is 42.0 Å². The van der Waals surface area contributed by atoms with Crippen LogP contribution in [0.5, 0.6) is 0 Å². The molecule has 0 atom stereocenters. The van der Waals surface area contributed by atoms with Crippen molar-refractivity contribution in [2.75, 3.05) is 25.2 Å². The molecular weight excluding hydrogens is 375 g/mol. The summed E-state index contributed by atoms with van der Waals surface area (Å²) >= 11 is 0. The molecule has 0 saturated carbocycles. The van der Waals surface area contributed by atoms with Gasteiger partial charge in [0.25, 0.3) is 0 Å². The Morgan fingerprint density at radius 1 is 1.07 bits per heavy atom. The maximum atomic E-state index is 13.0. The SMILES string of the molecule is COC(=O)c1ccc(NC(=O)CN(Cc2ccc(F)cc2)S(C)(=O)=O)cc1. The van der Waals surface area contributed by atoms with Gasteiger partial charge in [-0.15, -0.1) is 0 Å². The largest absolute Gasteiger partial charge is 0.465 e. The maximum Gasteiger partial charge on any atom is 0.337 e. The molecule has 7 nitrogen and oxygen atoms in total. The second-order valence-electron chi connectivity index (χ2n) is 5.77. The van der Waals surface area contributed by atoms with Crippen molar-refractivity contribution in [3.63, 3.8) is 0 Å². The van der Waals surface area contributed by atoms with Crippen LogP contribution in [0.3, 0.4) is 0 Å². The number of esters is 1. The number of hydrogen-bond acceptors (Lipinski definition) is 5. The number of amides is 1.